The Morgan fingerprint density at radius 3 is 2.32 bits per heavy atom. The van der Waals surface area contributed by atoms with Crippen molar-refractivity contribution in [2.75, 3.05) is 20.7 Å². The average Bonchev–Trinajstić information content (AvgIpc) is 2.39. The molecule has 19 heavy (non-hydrogen) atoms. The smallest absolute Gasteiger partial charge is 0.310 e. The van der Waals surface area contributed by atoms with Crippen LogP contribution in [0.5, 0.6) is 0 Å². The fourth-order valence-electron chi connectivity index (χ4n) is 1.62. The summed E-state index contributed by atoms with van der Waals surface area (Å²) in [5.74, 6) is 1.04. The number of carbonyl (C=O) groups excluding carboxylic acids is 1. The van der Waals surface area contributed by atoms with Crippen LogP contribution >= 0.6 is 0 Å². The van der Waals surface area contributed by atoms with Gasteiger partial charge in [0.15, 0.2) is 5.96 Å². The molecule has 112 valence electrons. The quantitative estimate of drug-likeness (QED) is 0.421. The molecule has 0 fully saturated rings. The lowest BCUT2D eigenvalue weighted by atomic mass is 10.0. The molecule has 0 saturated heterocycles. The van der Waals surface area contributed by atoms with E-state index in [0.717, 1.165) is 12.4 Å². The maximum absolute atomic E-state index is 11.3. The van der Waals surface area contributed by atoms with E-state index >= 15 is 0 Å². The van der Waals surface area contributed by atoms with Gasteiger partial charge in [-0.05, 0) is 25.7 Å². The van der Waals surface area contributed by atoms with E-state index in [9.17, 15) is 4.79 Å². The minimum absolute atomic E-state index is 0.186. The number of guanidine groups is 1. The summed E-state index contributed by atoms with van der Waals surface area (Å²) in [6, 6.07) is 0.363. The molecule has 2 N–H and O–H groups in total. The predicted octanol–water partition coefficient (Wildman–Crippen LogP) is 1.79. The molecule has 0 aliphatic heterocycles. The van der Waals surface area contributed by atoms with Crippen LogP contribution < -0.4 is 10.6 Å². The molecule has 2 unspecified atom stereocenters. The number of nitrogens with zero attached hydrogens (tertiary/aromatic N) is 1. The highest BCUT2D eigenvalue weighted by atomic mass is 16.5. The summed E-state index contributed by atoms with van der Waals surface area (Å²) in [6.45, 7) is 8.92. The molecule has 0 bridgehead atoms. The van der Waals surface area contributed by atoms with Gasteiger partial charge in [-0.15, -0.1) is 0 Å². The van der Waals surface area contributed by atoms with Gasteiger partial charge in [-0.2, -0.15) is 0 Å². The fraction of sp³-hybridized carbons (Fsp3) is 0.857. The zero-order valence-corrected chi connectivity index (χ0v) is 13.1. The SMILES string of the molecule is CN=C(NCC(C)C(=O)OC)NC(C)CCC(C)C. The van der Waals surface area contributed by atoms with Crippen LogP contribution in [0.15, 0.2) is 4.99 Å². The van der Waals surface area contributed by atoms with Gasteiger partial charge in [-0.3, -0.25) is 9.79 Å². The first-order valence-electron chi connectivity index (χ1n) is 6.95. The minimum Gasteiger partial charge on any atom is -0.469 e. The Bertz CT molecular complexity index is 290. The Balaban J connectivity index is 4.05. The lowest BCUT2D eigenvalue weighted by Gasteiger charge is -2.19. The highest BCUT2D eigenvalue weighted by Gasteiger charge is 2.14. The number of ether oxygens (including phenoxy) is 1. The lowest BCUT2D eigenvalue weighted by molar-refractivity contribution is -0.144. The molecule has 0 aromatic heterocycles. The van der Waals surface area contributed by atoms with E-state index < -0.39 is 0 Å². The van der Waals surface area contributed by atoms with Crippen molar-refractivity contribution in [3.8, 4) is 0 Å². The largest absolute Gasteiger partial charge is 0.469 e. The first kappa shape index (κ1) is 17.7. The first-order chi connectivity index (χ1) is 8.90. The normalized spacial score (nSPS) is 15.0. The fourth-order valence-corrected chi connectivity index (χ4v) is 1.62. The summed E-state index contributed by atoms with van der Waals surface area (Å²) >= 11 is 0. The van der Waals surface area contributed by atoms with Crippen LogP contribution in [0, 0.1) is 11.8 Å². The molecule has 0 rings (SSSR count). The van der Waals surface area contributed by atoms with Crippen molar-refractivity contribution >= 4 is 11.9 Å². The molecule has 2 atom stereocenters. The van der Waals surface area contributed by atoms with Gasteiger partial charge in [0.2, 0.25) is 0 Å². The van der Waals surface area contributed by atoms with E-state index in [1.165, 1.54) is 13.5 Å². The van der Waals surface area contributed by atoms with E-state index in [-0.39, 0.29) is 11.9 Å². The second-order valence-electron chi connectivity index (χ2n) is 5.39. The maximum atomic E-state index is 11.3. The van der Waals surface area contributed by atoms with E-state index in [1.54, 1.807) is 7.05 Å². The Labute approximate surface area is 117 Å². The van der Waals surface area contributed by atoms with E-state index in [2.05, 4.69) is 41.1 Å². The van der Waals surface area contributed by atoms with Gasteiger partial charge in [0.05, 0.1) is 13.0 Å². The number of methoxy groups -OCH3 is 1. The molecule has 0 spiro atoms. The van der Waals surface area contributed by atoms with Gasteiger partial charge >= 0.3 is 5.97 Å². The van der Waals surface area contributed by atoms with Gasteiger partial charge in [0.1, 0.15) is 0 Å². The van der Waals surface area contributed by atoms with Crippen molar-refractivity contribution in [3.63, 3.8) is 0 Å². The molecule has 0 aromatic carbocycles. The number of aliphatic imine (C=N–C) groups is 1. The Kier molecular flexibility index (Phi) is 9.00. The van der Waals surface area contributed by atoms with Crippen LogP contribution in [0.4, 0.5) is 0 Å². The van der Waals surface area contributed by atoms with Crippen molar-refractivity contribution in [1.29, 1.82) is 0 Å². The van der Waals surface area contributed by atoms with Crippen LogP contribution in [-0.2, 0) is 9.53 Å². The number of nitrogens with one attached hydrogen (secondary N) is 2. The predicted molar refractivity (Wildman–Crippen MR) is 79.2 cm³/mol. The molecule has 5 heteroatoms. The van der Waals surface area contributed by atoms with Gasteiger partial charge in [-0.25, -0.2) is 0 Å². The van der Waals surface area contributed by atoms with E-state index in [0.29, 0.717) is 18.5 Å². The molecule has 0 radical (unpaired) electrons. The third-order valence-corrected chi connectivity index (χ3v) is 2.96. The number of carbonyl (C=O) groups is 1. The third kappa shape index (κ3) is 8.46. The Hall–Kier alpha value is -1.26. The van der Waals surface area contributed by atoms with Crippen LogP contribution in [0.2, 0.25) is 0 Å². The summed E-state index contributed by atoms with van der Waals surface area (Å²) in [6.07, 6.45) is 2.29. The van der Waals surface area contributed by atoms with Gasteiger partial charge in [0, 0.05) is 19.6 Å². The molecular formula is C14H29N3O2. The summed E-state index contributed by atoms with van der Waals surface area (Å²) in [5, 5.41) is 6.46. The van der Waals surface area contributed by atoms with E-state index in [1.807, 2.05) is 6.92 Å². The van der Waals surface area contributed by atoms with Crippen molar-refractivity contribution in [2.24, 2.45) is 16.8 Å². The van der Waals surface area contributed by atoms with E-state index in [4.69, 9.17) is 0 Å². The van der Waals surface area contributed by atoms with Gasteiger partial charge in [0.25, 0.3) is 0 Å². The van der Waals surface area contributed by atoms with Crippen molar-refractivity contribution in [2.45, 2.75) is 46.6 Å². The highest BCUT2D eigenvalue weighted by molar-refractivity contribution is 5.80. The Morgan fingerprint density at radius 2 is 1.84 bits per heavy atom. The summed E-state index contributed by atoms with van der Waals surface area (Å²) in [7, 11) is 3.13. The van der Waals surface area contributed by atoms with Crippen molar-refractivity contribution in [3.05, 3.63) is 0 Å². The van der Waals surface area contributed by atoms with Crippen molar-refractivity contribution in [1.82, 2.24) is 10.6 Å². The van der Waals surface area contributed by atoms with Crippen LogP contribution in [0.1, 0.15) is 40.5 Å². The topological polar surface area (TPSA) is 62.7 Å². The van der Waals surface area contributed by atoms with Crippen LogP contribution in [-0.4, -0.2) is 38.7 Å². The monoisotopic (exact) mass is 271 g/mol. The summed E-state index contributed by atoms with van der Waals surface area (Å²) in [4.78, 5) is 15.4. The number of rotatable bonds is 7. The van der Waals surface area contributed by atoms with Crippen LogP contribution in [0.3, 0.4) is 0 Å². The Morgan fingerprint density at radius 1 is 1.21 bits per heavy atom. The maximum Gasteiger partial charge on any atom is 0.310 e. The summed E-state index contributed by atoms with van der Waals surface area (Å²) in [5.41, 5.74) is 0. The lowest BCUT2D eigenvalue weighted by Crippen LogP contribution is -2.44. The van der Waals surface area contributed by atoms with Gasteiger partial charge < -0.3 is 15.4 Å². The number of hydrogen-bond donors (Lipinski definition) is 2. The molecule has 0 heterocycles. The average molecular weight is 271 g/mol. The molecule has 0 aliphatic carbocycles. The highest BCUT2D eigenvalue weighted by Crippen LogP contribution is 2.06. The molecule has 0 saturated carbocycles. The second kappa shape index (κ2) is 9.64. The molecule has 5 nitrogen and oxygen atoms in total. The molecular weight excluding hydrogens is 242 g/mol. The summed E-state index contributed by atoms with van der Waals surface area (Å²) < 4.78 is 4.68. The zero-order chi connectivity index (χ0) is 14.8. The standard InChI is InChI=1S/C14H29N3O2/c1-10(2)7-8-12(4)17-14(15-5)16-9-11(3)13(18)19-6/h10-12H,7-9H2,1-6H3,(H2,15,16,17). The minimum atomic E-state index is -0.212. The van der Waals surface area contributed by atoms with Crippen molar-refractivity contribution < 1.29 is 9.53 Å². The second-order valence-corrected chi connectivity index (χ2v) is 5.39. The molecule has 0 aromatic rings. The molecule has 0 aliphatic rings. The molecule has 0 amide bonds. The van der Waals surface area contributed by atoms with Crippen LogP contribution in [0.25, 0.3) is 0 Å². The third-order valence-electron chi connectivity index (χ3n) is 2.96. The zero-order valence-electron chi connectivity index (χ0n) is 13.1. The number of hydrogen-bond acceptors (Lipinski definition) is 3. The van der Waals surface area contributed by atoms with Gasteiger partial charge in [-0.1, -0.05) is 20.8 Å². The number of esters is 1. The first-order valence-corrected chi connectivity index (χ1v) is 6.95.